The maximum Gasteiger partial charge on any atom is 0.162 e. The summed E-state index contributed by atoms with van der Waals surface area (Å²) in [6.45, 7) is 4.35. The molecule has 1 fully saturated rings. The second kappa shape index (κ2) is 8.01. The second-order valence-corrected chi connectivity index (χ2v) is 9.22. The Hall–Kier alpha value is -2.71. The maximum absolute atomic E-state index is 14.5. The van der Waals surface area contributed by atoms with Crippen LogP contribution in [0.25, 0.3) is 5.65 Å². The van der Waals surface area contributed by atoms with Crippen molar-refractivity contribution in [3.63, 3.8) is 0 Å². The fourth-order valence-corrected chi connectivity index (χ4v) is 4.90. The molecule has 1 N–H and O–H groups in total. The number of hydrogen-bond donors (Lipinski definition) is 1. The number of fused-ring (bicyclic) bond motifs is 1. The van der Waals surface area contributed by atoms with Gasteiger partial charge in [0.25, 0.3) is 0 Å². The van der Waals surface area contributed by atoms with Gasteiger partial charge in [-0.2, -0.15) is 5.10 Å². The van der Waals surface area contributed by atoms with Crippen LogP contribution in [0.1, 0.15) is 48.9 Å². The molecule has 168 valence electrons. The fourth-order valence-electron chi connectivity index (χ4n) is 4.90. The number of benzene rings is 1. The van der Waals surface area contributed by atoms with Crippen molar-refractivity contribution in [2.75, 3.05) is 24.7 Å². The molecule has 0 radical (unpaired) electrons. The number of nitrogens with zero attached hydrogens (tertiary/aromatic N) is 4. The monoisotopic (exact) mass is 437 g/mol. The molecule has 32 heavy (non-hydrogen) atoms. The summed E-state index contributed by atoms with van der Waals surface area (Å²) in [5, 5.41) is 7.78. The van der Waals surface area contributed by atoms with E-state index in [1.54, 1.807) is 12.1 Å². The zero-order chi connectivity index (χ0) is 21.7. The molecule has 2 aromatic heterocycles. The van der Waals surface area contributed by atoms with Gasteiger partial charge in [-0.15, -0.1) is 0 Å². The van der Waals surface area contributed by atoms with Gasteiger partial charge in [-0.25, -0.2) is 13.9 Å². The molecule has 7 nitrogen and oxygen atoms in total. The lowest BCUT2D eigenvalue weighted by atomic mass is 9.98. The highest BCUT2D eigenvalue weighted by Crippen LogP contribution is 2.46. The van der Waals surface area contributed by atoms with Crippen LogP contribution in [0.4, 0.5) is 10.2 Å². The van der Waals surface area contributed by atoms with Crippen LogP contribution in [-0.2, 0) is 17.8 Å². The summed E-state index contributed by atoms with van der Waals surface area (Å²) in [7, 11) is 0. The molecule has 8 heteroatoms. The van der Waals surface area contributed by atoms with Crippen LogP contribution >= 0.6 is 0 Å². The second-order valence-electron chi connectivity index (χ2n) is 9.22. The van der Waals surface area contributed by atoms with Gasteiger partial charge in [0.1, 0.15) is 23.5 Å². The van der Waals surface area contributed by atoms with Crippen molar-refractivity contribution in [1.82, 2.24) is 19.9 Å². The SMILES string of the molecule is C[C@H]1CNCOCc2cnn3cc4c(nc23)N(CC4)[C@H](CC2CC2)c2cc(F)ccc2O1. The predicted molar refractivity (Wildman–Crippen MR) is 118 cm³/mol. The highest BCUT2D eigenvalue weighted by molar-refractivity contribution is 5.61. The molecule has 0 saturated heterocycles. The van der Waals surface area contributed by atoms with Gasteiger partial charge < -0.3 is 14.4 Å². The molecule has 0 spiro atoms. The maximum atomic E-state index is 14.5. The molecule has 4 heterocycles. The molecule has 0 amide bonds. The molecule has 1 aliphatic carbocycles. The third-order valence-electron chi connectivity index (χ3n) is 6.70. The first-order valence-electron chi connectivity index (χ1n) is 11.5. The largest absolute Gasteiger partial charge is 0.489 e. The van der Waals surface area contributed by atoms with Crippen molar-refractivity contribution in [3.05, 3.63) is 53.1 Å². The average molecular weight is 438 g/mol. The van der Waals surface area contributed by atoms with Crippen LogP contribution < -0.4 is 15.0 Å². The summed E-state index contributed by atoms with van der Waals surface area (Å²) in [6.07, 6.45) is 8.18. The molecular formula is C24H28FN5O2. The van der Waals surface area contributed by atoms with E-state index in [-0.39, 0.29) is 18.0 Å². The Morgan fingerprint density at radius 3 is 3.03 bits per heavy atom. The highest BCUT2D eigenvalue weighted by Gasteiger charge is 2.36. The topological polar surface area (TPSA) is 63.9 Å². The molecule has 6 rings (SSSR count). The minimum Gasteiger partial charge on any atom is -0.489 e. The van der Waals surface area contributed by atoms with E-state index in [0.717, 1.165) is 47.7 Å². The summed E-state index contributed by atoms with van der Waals surface area (Å²) < 4.78 is 28.5. The molecule has 2 bridgehead atoms. The van der Waals surface area contributed by atoms with E-state index in [2.05, 4.69) is 21.5 Å². The van der Waals surface area contributed by atoms with E-state index in [4.69, 9.17) is 14.5 Å². The molecule has 1 saturated carbocycles. The Kier molecular flexibility index (Phi) is 4.99. The van der Waals surface area contributed by atoms with Crippen molar-refractivity contribution in [1.29, 1.82) is 0 Å². The number of nitrogens with one attached hydrogen (secondary N) is 1. The fraction of sp³-hybridized carbons (Fsp3) is 0.500. The molecule has 2 atom stereocenters. The first kappa shape index (κ1) is 19.9. The van der Waals surface area contributed by atoms with E-state index in [0.29, 0.717) is 25.8 Å². The smallest absolute Gasteiger partial charge is 0.162 e. The zero-order valence-electron chi connectivity index (χ0n) is 18.3. The van der Waals surface area contributed by atoms with Crippen LogP contribution in [0.5, 0.6) is 5.75 Å². The summed E-state index contributed by atoms with van der Waals surface area (Å²) in [6, 6.07) is 4.95. The van der Waals surface area contributed by atoms with Crippen LogP contribution in [-0.4, -0.2) is 40.5 Å². The van der Waals surface area contributed by atoms with Crippen molar-refractivity contribution >= 4 is 11.5 Å². The Morgan fingerprint density at radius 2 is 2.16 bits per heavy atom. The molecule has 1 aromatic carbocycles. The Balaban J connectivity index is 1.49. The molecule has 3 aliphatic rings. The third kappa shape index (κ3) is 3.71. The third-order valence-corrected chi connectivity index (χ3v) is 6.70. The normalized spacial score (nSPS) is 23.6. The van der Waals surface area contributed by atoms with Crippen LogP contribution in [0.2, 0.25) is 0 Å². The van der Waals surface area contributed by atoms with Gasteiger partial charge in [-0.3, -0.25) is 5.32 Å². The molecule has 2 aliphatic heterocycles. The van der Waals surface area contributed by atoms with Crippen molar-refractivity contribution in [2.45, 2.75) is 51.4 Å². The summed E-state index contributed by atoms with van der Waals surface area (Å²) in [5.41, 5.74) is 3.87. The lowest BCUT2D eigenvalue weighted by Gasteiger charge is -2.32. The van der Waals surface area contributed by atoms with Gasteiger partial charge in [0, 0.05) is 36.0 Å². The molecule has 3 aromatic rings. The number of rotatable bonds is 2. The lowest BCUT2D eigenvalue weighted by Crippen LogP contribution is -2.32. The number of anilines is 1. The standard InChI is InChI=1S/C24H28FN5O2/c1-15-10-26-14-31-13-18-11-27-30-12-17-6-7-29(23(17)28-24(18)30)21(8-16-2-3-16)20-9-19(25)4-5-22(20)32-15/h4-5,9,11-12,15-16,21,26H,2-3,6-8,10,13-14H2,1H3/t15-,21+/m0/s1. The van der Waals surface area contributed by atoms with E-state index < -0.39 is 0 Å². The zero-order valence-corrected chi connectivity index (χ0v) is 18.3. The van der Waals surface area contributed by atoms with Gasteiger partial charge >= 0.3 is 0 Å². The van der Waals surface area contributed by atoms with Gasteiger partial charge in [0.15, 0.2) is 5.65 Å². The minimum atomic E-state index is -0.230. The first-order valence-corrected chi connectivity index (χ1v) is 11.5. The number of halogens is 1. The Labute approximate surface area is 186 Å². The highest BCUT2D eigenvalue weighted by atomic mass is 19.1. The van der Waals surface area contributed by atoms with Crippen molar-refractivity contribution in [3.8, 4) is 5.75 Å². The first-order chi connectivity index (χ1) is 15.7. The number of ether oxygens (including phenoxy) is 2. The Morgan fingerprint density at radius 1 is 1.25 bits per heavy atom. The minimum absolute atomic E-state index is 0.0253. The summed E-state index contributed by atoms with van der Waals surface area (Å²) in [5.74, 6) is 2.16. The number of aromatic nitrogens is 3. The van der Waals surface area contributed by atoms with Crippen LogP contribution in [0.15, 0.2) is 30.6 Å². The Bertz CT molecular complexity index is 1140. The van der Waals surface area contributed by atoms with Crippen molar-refractivity contribution < 1.29 is 13.9 Å². The van der Waals surface area contributed by atoms with Gasteiger partial charge in [-0.1, -0.05) is 12.8 Å². The average Bonchev–Trinajstić information content (AvgIpc) is 3.39. The van der Waals surface area contributed by atoms with E-state index in [9.17, 15) is 4.39 Å². The van der Waals surface area contributed by atoms with E-state index in [1.807, 2.05) is 17.6 Å². The van der Waals surface area contributed by atoms with E-state index >= 15 is 0 Å². The summed E-state index contributed by atoms with van der Waals surface area (Å²) in [4.78, 5) is 7.41. The van der Waals surface area contributed by atoms with Crippen molar-refractivity contribution in [2.24, 2.45) is 5.92 Å². The molecule has 0 unspecified atom stereocenters. The summed E-state index contributed by atoms with van der Waals surface area (Å²) >= 11 is 0. The molecular weight excluding hydrogens is 409 g/mol. The van der Waals surface area contributed by atoms with E-state index in [1.165, 1.54) is 24.5 Å². The van der Waals surface area contributed by atoms with Gasteiger partial charge in [0.2, 0.25) is 0 Å². The van der Waals surface area contributed by atoms with Gasteiger partial charge in [0.05, 0.1) is 25.6 Å². The van der Waals surface area contributed by atoms with Crippen LogP contribution in [0.3, 0.4) is 0 Å². The quantitative estimate of drug-likeness (QED) is 0.661. The van der Waals surface area contributed by atoms with Gasteiger partial charge in [-0.05, 0) is 43.9 Å². The lowest BCUT2D eigenvalue weighted by molar-refractivity contribution is 0.0940. The predicted octanol–water partition coefficient (Wildman–Crippen LogP) is 3.62. The van der Waals surface area contributed by atoms with Crippen LogP contribution in [0, 0.1) is 11.7 Å². The number of hydrogen-bond acceptors (Lipinski definition) is 6.